The normalized spacial score (nSPS) is 12.9. The van der Waals surface area contributed by atoms with E-state index >= 15 is 0 Å². The van der Waals surface area contributed by atoms with Crippen LogP contribution in [0.5, 0.6) is 5.75 Å². The summed E-state index contributed by atoms with van der Waals surface area (Å²) >= 11 is 0. The number of rotatable bonds is 12. The summed E-state index contributed by atoms with van der Waals surface area (Å²) in [5.41, 5.74) is 1.06. The topological polar surface area (TPSA) is 93.7 Å². The van der Waals surface area contributed by atoms with Gasteiger partial charge in [-0.1, -0.05) is 30.3 Å². The number of ether oxygens (including phenoxy) is 2. The van der Waals surface area contributed by atoms with Crippen molar-refractivity contribution < 1.29 is 35.9 Å². The molecule has 1 unspecified atom stereocenters. The highest BCUT2D eigenvalue weighted by Crippen LogP contribution is 2.23. The van der Waals surface area contributed by atoms with Gasteiger partial charge in [0.1, 0.15) is 5.75 Å². The minimum absolute atomic E-state index is 0.0598. The largest absolute Gasteiger partial charge is 0.573 e. The number of benzene rings is 2. The summed E-state index contributed by atoms with van der Waals surface area (Å²) in [7, 11) is -3.97. The van der Waals surface area contributed by atoms with Gasteiger partial charge in [0, 0.05) is 26.1 Å². The Morgan fingerprint density at radius 2 is 1.69 bits per heavy atom. The van der Waals surface area contributed by atoms with E-state index in [-0.39, 0.29) is 29.9 Å². The number of amides is 1. The van der Waals surface area contributed by atoms with Gasteiger partial charge in [0.05, 0.1) is 11.0 Å². The molecule has 0 fully saturated rings. The van der Waals surface area contributed by atoms with E-state index in [1.807, 2.05) is 37.3 Å². The molecule has 7 nitrogen and oxygen atoms in total. The molecule has 0 spiro atoms. The van der Waals surface area contributed by atoms with E-state index in [0.29, 0.717) is 19.6 Å². The maximum Gasteiger partial charge on any atom is 0.573 e. The van der Waals surface area contributed by atoms with Crippen LogP contribution in [0, 0.1) is 0 Å². The SMILES string of the molecule is CC(OCCCNC(=O)CCNS(=O)(=O)c1ccc(OC(F)(F)F)cc1)c1ccccc1. The number of hydrogen-bond donors (Lipinski definition) is 2. The van der Waals surface area contributed by atoms with Crippen molar-refractivity contribution in [2.24, 2.45) is 0 Å². The summed E-state index contributed by atoms with van der Waals surface area (Å²) in [5, 5.41) is 2.67. The maximum absolute atomic E-state index is 12.2. The molecule has 2 aromatic carbocycles. The standard InChI is InChI=1S/C21H25F3N2O5S/c1-16(17-6-3-2-4-7-17)30-15-5-13-25-20(27)12-14-26-32(28,29)19-10-8-18(9-11-19)31-21(22,23)24/h2-4,6-11,16,26H,5,12-15H2,1H3,(H,25,27). The van der Waals surface area contributed by atoms with Gasteiger partial charge < -0.3 is 14.8 Å². The first-order chi connectivity index (χ1) is 15.1. The second kappa shape index (κ2) is 11.8. The molecule has 0 aliphatic heterocycles. The number of nitrogens with one attached hydrogen (secondary N) is 2. The van der Waals surface area contributed by atoms with E-state index in [9.17, 15) is 26.4 Å². The number of alkyl halides is 3. The summed E-state index contributed by atoms with van der Waals surface area (Å²) in [5.74, 6) is -0.865. The zero-order valence-electron chi connectivity index (χ0n) is 17.4. The summed E-state index contributed by atoms with van der Waals surface area (Å²) in [6.45, 7) is 2.62. The van der Waals surface area contributed by atoms with Gasteiger partial charge in [-0.25, -0.2) is 13.1 Å². The summed E-state index contributed by atoms with van der Waals surface area (Å²) in [6, 6.07) is 13.5. The van der Waals surface area contributed by atoms with Gasteiger partial charge in [-0.2, -0.15) is 0 Å². The molecule has 1 amide bonds. The van der Waals surface area contributed by atoms with Crippen LogP contribution in [0.4, 0.5) is 13.2 Å². The lowest BCUT2D eigenvalue weighted by Gasteiger charge is -2.13. The monoisotopic (exact) mass is 474 g/mol. The molecule has 0 bridgehead atoms. The van der Waals surface area contributed by atoms with E-state index in [0.717, 1.165) is 29.8 Å². The number of halogens is 3. The molecule has 176 valence electrons. The molecule has 0 aromatic heterocycles. The Balaban J connectivity index is 1.64. The van der Waals surface area contributed by atoms with Crippen LogP contribution in [0.2, 0.25) is 0 Å². The van der Waals surface area contributed by atoms with Crippen LogP contribution in [0.15, 0.2) is 59.5 Å². The highest BCUT2D eigenvalue weighted by Gasteiger charge is 2.31. The number of sulfonamides is 1. The zero-order chi connectivity index (χ0) is 23.6. The minimum atomic E-state index is -4.86. The Morgan fingerprint density at radius 1 is 1.03 bits per heavy atom. The predicted octanol–water partition coefficient (Wildman–Crippen LogP) is 3.54. The first-order valence-corrected chi connectivity index (χ1v) is 11.3. The minimum Gasteiger partial charge on any atom is -0.406 e. The molecule has 0 heterocycles. The molecule has 11 heteroatoms. The van der Waals surface area contributed by atoms with E-state index in [1.165, 1.54) is 0 Å². The quantitative estimate of drug-likeness (QED) is 0.459. The number of carbonyl (C=O) groups excluding carboxylic acids is 1. The van der Waals surface area contributed by atoms with Crippen molar-refractivity contribution in [3.8, 4) is 5.75 Å². The fourth-order valence-electron chi connectivity index (χ4n) is 2.67. The molecule has 0 radical (unpaired) electrons. The van der Waals surface area contributed by atoms with E-state index in [2.05, 4.69) is 14.8 Å². The fourth-order valence-corrected chi connectivity index (χ4v) is 3.70. The lowest BCUT2D eigenvalue weighted by atomic mass is 10.1. The molecule has 0 aliphatic carbocycles. The average molecular weight is 475 g/mol. The maximum atomic E-state index is 12.2. The highest BCUT2D eigenvalue weighted by molar-refractivity contribution is 7.89. The second-order valence-electron chi connectivity index (χ2n) is 6.79. The molecule has 1 atom stereocenters. The molecule has 2 N–H and O–H groups in total. The van der Waals surface area contributed by atoms with E-state index in [4.69, 9.17) is 4.74 Å². The summed E-state index contributed by atoms with van der Waals surface area (Å²) < 4.78 is 72.4. The third-order valence-electron chi connectivity index (χ3n) is 4.29. The van der Waals surface area contributed by atoms with Crippen LogP contribution < -0.4 is 14.8 Å². The van der Waals surface area contributed by atoms with Gasteiger partial charge in [-0.05, 0) is 43.2 Å². The Hall–Kier alpha value is -2.63. The van der Waals surface area contributed by atoms with Crippen molar-refractivity contribution in [1.82, 2.24) is 10.0 Å². The van der Waals surface area contributed by atoms with Crippen LogP contribution in [0.3, 0.4) is 0 Å². The van der Waals surface area contributed by atoms with Crippen molar-refractivity contribution in [1.29, 1.82) is 0 Å². The Morgan fingerprint density at radius 3 is 2.31 bits per heavy atom. The third-order valence-corrected chi connectivity index (χ3v) is 5.77. The molecular weight excluding hydrogens is 449 g/mol. The van der Waals surface area contributed by atoms with Crippen molar-refractivity contribution in [3.05, 3.63) is 60.2 Å². The first-order valence-electron chi connectivity index (χ1n) is 9.85. The van der Waals surface area contributed by atoms with E-state index in [1.54, 1.807) is 0 Å². The van der Waals surface area contributed by atoms with Crippen LogP contribution in [-0.2, 0) is 19.6 Å². The summed E-state index contributed by atoms with van der Waals surface area (Å²) in [4.78, 5) is 11.6. The Kier molecular flexibility index (Phi) is 9.48. The van der Waals surface area contributed by atoms with Gasteiger partial charge in [0.25, 0.3) is 0 Å². The van der Waals surface area contributed by atoms with Crippen molar-refractivity contribution >= 4 is 15.9 Å². The first kappa shape index (κ1) is 25.6. The predicted molar refractivity (Wildman–Crippen MR) is 111 cm³/mol. The average Bonchev–Trinajstić information content (AvgIpc) is 2.73. The highest BCUT2D eigenvalue weighted by atomic mass is 32.2. The number of hydrogen-bond acceptors (Lipinski definition) is 5. The molecule has 2 rings (SSSR count). The fraction of sp³-hybridized carbons (Fsp3) is 0.381. The molecule has 0 saturated carbocycles. The lowest BCUT2D eigenvalue weighted by molar-refractivity contribution is -0.274. The van der Waals surface area contributed by atoms with Crippen molar-refractivity contribution in [2.45, 2.75) is 37.1 Å². The van der Waals surface area contributed by atoms with E-state index < -0.39 is 22.1 Å². The Labute approximate surface area is 185 Å². The molecule has 0 saturated heterocycles. The van der Waals surface area contributed by atoms with Gasteiger partial charge in [0.2, 0.25) is 15.9 Å². The molecular formula is C21H25F3N2O5S. The van der Waals surface area contributed by atoms with Gasteiger partial charge in [-0.3, -0.25) is 4.79 Å². The molecule has 2 aromatic rings. The zero-order valence-corrected chi connectivity index (χ0v) is 18.2. The molecule has 0 aliphatic rings. The van der Waals surface area contributed by atoms with Crippen LogP contribution in [0.25, 0.3) is 0 Å². The lowest BCUT2D eigenvalue weighted by Crippen LogP contribution is -2.31. The number of carbonyl (C=O) groups is 1. The van der Waals surface area contributed by atoms with Crippen molar-refractivity contribution in [3.63, 3.8) is 0 Å². The van der Waals surface area contributed by atoms with Crippen LogP contribution in [-0.4, -0.2) is 40.4 Å². The Bertz CT molecular complexity index is 952. The van der Waals surface area contributed by atoms with Gasteiger partial charge in [0.15, 0.2) is 0 Å². The molecule has 32 heavy (non-hydrogen) atoms. The van der Waals surface area contributed by atoms with Crippen molar-refractivity contribution in [2.75, 3.05) is 19.7 Å². The van der Waals surface area contributed by atoms with Crippen LogP contribution in [0.1, 0.15) is 31.4 Å². The third kappa shape index (κ3) is 9.25. The van der Waals surface area contributed by atoms with Gasteiger partial charge in [-0.15, -0.1) is 13.2 Å². The van der Waals surface area contributed by atoms with Gasteiger partial charge >= 0.3 is 6.36 Å². The smallest absolute Gasteiger partial charge is 0.406 e. The summed E-state index contributed by atoms with van der Waals surface area (Å²) in [6.07, 6.45) is -4.41. The van der Waals surface area contributed by atoms with Crippen LogP contribution >= 0.6 is 0 Å². The second-order valence-corrected chi connectivity index (χ2v) is 8.56.